The van der Waals surface area contributed by atoms with Gasteiger partial charge in [-0.05, 0) is 25.0 Å². The summed E-state index contributed by atoms with van der Waals surface area (Å²) >= 11 is 2.63. The number of piperazine rings is 1. The van der Waals surface area contributed by atoms with Crippen molar-refractivity contribution in [3.63, 3.8) is 0 Å². The maximum absolute atomic E-state index is 14.9. The van der Waals surface area contributed by atoms with E-state index in [1.54, 1.807) is 18.5 Å². The molecule has 0 atom stereocenters. The quantitative estimate of drug-likeness (QED) is 0.409. The number of amides is 1. The minimum atomic E-state index is -0.364. The number of nitrogens with zero attached hydrogens (tertiary/aromatic N) is 6. The topological polar surface area (TPSA) is 87.9 Å². The molecule has 2 fully saturated rings. The molecule has 0 radical (unpaired) electrons. The standard InChI is InChI=1S/C24H26FN7O2S2/c25-17-12-18-20(13-19(17)35-22-14-27-23-26-4-1-5-32(22)23)36-24(28-18)29-21(33)15-30-6-8-31(9-7-30)16-2-10-34-11-3-16/h1,4-5,12-14,16H,2-3,6-11,15H2,(H,28,29,33). The van der Waals surface area contributed by atoms with Gasteiger partial charge in [0, 0.05) is 63.9 Å². The van der Waals surface area contributed by atoms with Gasteiger partial charge in [-0.25, -0.2) is 19.3 Å². The first-order valence-corrected chi connectivity index (χ1v) is 13.7. The number of benzene rings is 1. The van der Waals surface area contributed by atoms with Crippen LogP contribution in [0.2, 0.25) is 0 Å². The average molecular weight is 528 g/mol. The SMILES string of the molecule is O=C(CN1CCN(C2CCOCC2)CC1)Nc1nc2cc(F)c(Sc3cnc4ncccn34)cc2s1. The Labute approximate surface area is 215 Å². The Balaban J connectivity index is 1.08. The molecule has 0 spiro atoms. The van der Waals surface area contributed by atoms with Gasteiger partial charge in [0.25, 0.3) is 0 Å². The van der Waals surface area contributed by atoms with Crippen LogP contribution in [0.1, 0.15) is 12.8 Å². The minimum absolute atomic E-state index is 0.0955. The molecular formula is C24H26FN7O2S2. The van der Waals surface area contributed by atoms with E-state index in [9.17, 15) is 9.18 Å². The second-order valence-corrected chi connectivity index (χ2v) is 11.1. The monoisotopic (exact) mass is 527 g/mol. The average Bonchev–Trinajstić information content (AvgIpc) is 3.48. The molecule has 4 aromatic rings. The van der Waals surface area contributed by atoms with Gasteiger partial charge >= 0.3 is 0 Å². The first kappa shape index (κ1) is 23.7. The fourth-order valence-electron chi connectivity index (χ4n) is 4.75. The number of rotatable bonds is 6. The van der Waals surface area contributed by atoms with Crippen LogP contribution in [0, 0.1) is 5.82 Å². The molecule has 6 rings (SSSR count). The second kappa shape index (κ2) is 10.4. The Kier molecular flexibility index (Phi) is 6.85. The van der Waals surface area contributed by atoms with Crippen LogP contribution in [-0.4, -0.2) is 87.0 Å². The van der Waals surface area contributed by atoms with E-state index in [2.05, 4.69) is 30.1 Å². The van der Waals surface area contributed by atoms with Crippen LogP contribution in [0.15, 0.2) is 46.7 Å². The number of anilines is 1. The smallest absolute Gasteiger partial charge is 0.240 e. The Bertz CT molecular complexity index is 1380. The number of aromatic nitrogens is 4. The molecule has 188 valence electrons. The van der Waals surface area contributed by atoms with E-state index in [0.717, 1.165) is 62.0 Å². The number of carbonyl (C=O) groups is 1. The number of hydrogen-bond acceptors (Lipinski definition) is 9. The zero-order valence-electron chi connectivity index (χ0n) is 19.6. The molecule has 1 aromatic carbocycles. The van der Waals surface area contributed by atoms with Crippen LogP contribution < -0.4 is 5.32 Å². The fourth-order valence-corrected chi connectivity index (χ4v) is 6.64. The lowest BCUT2D eigenvalue weighted by molar-refractivity contribution is -0.117. The van der Waals surface area contributed by atoms with E-state index in [4.69, 9.17) is 4.74 Å². The Morgan fingerprint density at radius 3 is 2.86 bits per heavy atom. The maximum Gasteiger partial charge on any atom is 0.240 e. The van der Waals surface area contributed by atoms with Gasteiger partial charge in [0.05, 0.1) is 27.9 Å². The third-order valence-corrected chi connectivity index (χ3v) is 8.62. The first-order chi connectivity index (χ1) is 17.6. The number of hydrogen-bond donors (Lipinski definition) is 1. The zero-order valence-corrected chi connectivity index (χ0v) is 21.2. The molecule has 0 unspecified atom stereocenters. The molecule has 2 saturated heterocycles. The largest absolute Gasteiger partial charge is 0.381 e. The molecule has 2 aliphatic heterocycles. The van der Waals surface area contributed by atoms with Crippen LogP contribution in [0.3, 0.4) is 0 Å². The van der Waals surface area contributed by atoms with Gasteiger partial charge in [-0.1, -0.05) is 23.1 Å². The molecule has 0 saturated carbocycles. The molecule has 36 heavy (non-hydrogen) atoms. The van der Waals surface area contributed by atoms with Gasteiger partial charge < -0.3 is 10.1 Å². The van der Waals surface area contributed by atoms with Crippen molar-refractivity contribution >= 4 is 50.1 Å². The van der Waals surface area contributed by atoms with Gasteiger partial charge in [0.2, 0.25) is 11.7 Å². The molecule has 12 heteroatoms. The molecule has 1 amide bonds. The number of carbonyl (C=O) groups excluding carboxylic acids is 1. The van der Waals surface area contributed by atoms with Gasteiger partial charge in [0.1, 0.15) is 10.8 Å². The van der Waals surface area contributed by atoms with Gasteiger partial charge in [-0.3, -0.25) is 19.0 Å². The summed E-state index contributed by atoms with van der Waals surface area (Å²) in [6, 6.07) is 5.60. The highest BCUT2D eigenvalue weighted by Gasteiger charge is 2.26. The number of halogens is 1. The van der Waals surface area contributed by atoms with E-state index < -0.39 is 0 Å². The summed E-state index contributed by atoms with van der Waals surface area (Å²) in [6.45, 7) is 5.71. The van der Waals surface area contributed by atoms with E-state index in [-0.39, 0.29) is 11.7 Å². The van der Waals surface area contributed by atoms with E-state index >= 15 is 0 Å². The summed E-state index contributed by atoms with van der Waals surface area (Å²) in [4.78, 5) is 30.8. The third-order valence-electron chi connectivity index (χ3n) is 6.64. The highest BCUT2D eigenvalue weighted by molar-refractivity contribution is 7.99. The molecular weight excluding hydrogens is 501 g/mol. The van der Waals surface area contributed by atoms with Crippen molar-refractivity contribution in [3.8, 4) is 0 Å². The normalized spacial score (nSPS) is 18.2. The number of nitrogens with one attached hydrogen (secondary N) is 1. The highest BCUT2D eigenvalue weighted by atomic mass is 32.2. The summed E-state index contributed by atoms with van der Waals surface area (Å²) in [5, 5.41) is 4.16. The third kappa shape index (κ3) is 5.09. The van der Waals surface area contributed by atoms with Gasteiger partial charge in [-0.15, -0.1) is 0 Å². The number of fused-ring (bicyclic) bond motifs is 2. The van der Waals surface area contributed by atoms with Crippen molar-refractivity contribution in [2.45, 2.75) is 28.8 Å². The second-order valence-electron chi connectivity index (χ2n) is 8.96. The lowest BCUT2D eigenvalue weighted by atomic mass is 10.1. The lowest BCUT2D eigenvalue weighted by Crippen LogP contribution is -2.52. The fraction of sp³-hybridized carbons (Fsp3) is 0.417. The number of thiazole rings is 1. The summed E-state index contributed by atoms with van der Waals surface area (Å²) < 4.78 is 23.0. The molecule has 5 heterocycles. The molecule has 0 bridgehead atoms. The van der Waals surface area contributed by atoms with Crippen LogP contribution in [-0.2, 0) is 9.53 Å². The molecule has 2 aliphatic rings. The zero-order chi connectivity index (χ0) is 24.5. The van der Waals surface area contributed by atoms with Crippen molar-refractivity contribution in [3.05, 3.63) is 42.6 Å². The number of imidazole rings is 1. The van der Waals surface area contributed by atoms with Crippen molar-refractivity contribution < 1.29 is 13.9 Å². The van der Waals surface area contributed by atoms with Crippen molar-refractivity contribution in [2.75, 3.05) is 51.3 Å². The Morgan fingerprint density at radius 1 is 1.19 bits per heavy atom. The molecule has 0 aliphatic carbocycles. The van der Waals surface area contributed by atoms with Gasteiger partial charge in [0.15, 0.2) is 5.13 Å². The molecule has 9 nitrogen and oxygen atoms in total. The summed E-state index contributed by atoms with van der Waals surface area (Å²) in [5.41, 5.74) is 0.530. The van der Waals surface area contributed by atoms with Crippen LogP contribution in [0.25, 0.3) is 16.0 Å². The Morgan fingerprint density at radius 2 is 2.03 bits per heavy atom. The van der Waals surface area contributed by atoms with Gasteiger partial charge in [-0.2, -0.15) is 0 Å². The Hall–Kier alpha value is -2.64. The van der Waals surface area contributed by atoms with Crippen molar-refractivity contribution in [1.82, 2.24) is 29.2 Å². The molecule has 3 aromatic heterocycles. The van der Waals surface area contributed by atoms with Crippen molar-refractivity contribution in [2.24, 2.45) is 0 Å². The summed E-state index contributed by atoms with van der Waals surface area (Å²) in [5.74, 6) is 0.105. The van der Waals surface area contributed by atoms with Crippen LogP contribution >= 0.6 is 23.1 Å². The van der Waals surface area contributed by atoms with E-state index in [1.165, 1.54) is 29.2 Å². The van der Waals surface area contributed by atoms with E-state index in [0.29, 0.717) is 33.9 Å². The van der Waals surface area contributed by atoms with E-state index in [1.807, 2.05) is 16.7 Å². The first-order valence-electron chi connectivity index (χ1n) is 12.0. The van der Waals surface area contributed by atoms with Crippen molar-refractivity contribution in [1.29, 1.82) is 0 Å². The van der Waals surface area contributed by atoms with Crippen LogP contribution in [0.5, 0.6) is 0 Å². The molecule has 1 N–H and O–H groups in total. The predicted octanol–water partition coefficient (Wildman–Crippen LogP) is 3.36. The summed E-state index contributed by atoms with van der Waals surface area (Å²) in [6.07, 6.45) is 7.38. The maximum atomic E-state index is 14.9. The number of ether oxygens (including phenoxy) is 1. The minimum Gasteiger partial charge on any atom is -0.381 e. The highest BCUT2D eigenvalue weighted by Crippen LogP contribution is 2.35. The summed E-state index contributed by atoms with van der Waals surface area (Å²) in [7, 11) is 0. The lowest BCUT2D eigenvalue weighted by Gasteiger charge is -2.40. The predicted molar refractivity (Wildman–Crippen MR) is 137 cm³/mol. The van der Waals surface area contributed by atoms with Crippen LogP contribution in [0.4, 0.5) is 9.52 Å².